The number of benzene rings is 1. The number of rotatable bonds is 3. The van der Waals surface area contributed by atoms with Gasteiger partial charge in [-0.1, -0.05) is 6.07 Å². The molecule has 106 valence electrons. The molecule has 2 aromatic rings. The highest BCUT2D eigenvalue weighted by molar-refractivity contribution is 5.83. The molecule has 1 atom stereocenters. The van der Waals surface area contributed by atoms with Crippen LogP contribution in [0.2, 0.25) is 0 Å². The van der Waals surface area contributed by atoms with Crippen molar-refractivity contribution in [3.63, 3.8) is 0 Å². The normalized spacial score (nSPS) is 24.1. The molecule has 2 heterocycles. The van der Waals surface area contributed by atoms with Gasteiger partial charge in [0.05, 0.1) is 6.61 Å². The molecule has 0 radical (unpaired) electrons. The van der Waals surface area contributed by atoms with Crippen LogP contribution < -0.4 is 5.73 Å². The molecule has 5 heteroatoms. The van der Waals surface area contributed by atoms with Crippen molar-refractivity contribution in [2.24, 2.45) is 5.73 Å². The molecular formula is C15H19N3O2. The first-order chi connectivity index (χ1) is 9.57. The van der Waals surface area contributed by atoms with Gasteiger partial charge in [-0.15, -0.1) is 0 Å². The number of carbonyl (C=O) groups is 1. The summed E-state index contributed by atoms with van der Waals surface area (Å²) in [7, 11) is 0. The summed E-state index contributed by atoms with van der Waals surface area (Å²) in [6, 6.07) is 8.42. The van der Waals surface area contributed by atoms with Gasteiger partial charge in [-0.2, -0.15) is 0 Å². The van der Waals surface area contributed by atoms with Gasteiger partial charge in [0, 0.05) is 31.3 Å². The number of nitrogens with zero attached hydrogens (tertiary/aromatic N) is 1. The van der Waals surface area contributed by atoms with Crippen LogP contribution in [-0.4, -0.2) is 41.1 Å². The number of morpholine rings is 1. The average molecular weight is 273 g/mol. The summed E-state index contributed by atoms with van der Waals surface area (Å²) >= 11 is 0. The lowest BCUT2D eigenvalue weighted by Crippen LogP contribution is -2.56. The maximum Gasteiger partial charge on any atom is 0.250 e. The fourth-order valence-electron chi connectivity index (χ4n) is 2.69. The molecule has 1 unspecified atom stereocenters. The van der Waals surface area contributed by atoms with Gasteiger partial charge in [0.25, 0.3) is 5.91 Å². The number of aromatic nitrogens is 1. The minimum absolute atomic E-state index is 0.400. The molecule has 3 N–H and O–H groups in total. The van der Waals surface area contributed by atoms with Crippen molar-refractivity contribution in [1.82, 2.24) is 9.88 Å². The Bertz CT molecular complexity index is 637. The molecule has 20 heavy (non-hydrogen) atoms. The van der Waals surface area contributed by atoms with E-state index in [2.05, 4.69) is 34.1 Å². The lowest BCUT2D eigenvalue weighted by atomic mass is 10.0. The highest BCUT2D eigenvalue weighted by Gasteiger charge is 2.37. The Kier molecular flexibility index (Phi) is 3.23. The van der Waals surface area contributed by atoms with Crippen LogP contribution in [0.1, 0.15) is 12.5 Å². The van der Waals surface area contributed by atoms with Crippen LogP contribution in [0.5, 0.6) is 0 Å². The summed E-state index contributed by atoms with van der Waals surface area (Å²) in [5.74, 6) is -0.400. The van der Waals surface area contributed by atoms with Crippen molar-refractivity contribution in [2.45, 2.75) is 19.1 Å². The van der Waals surface area contributed by atoms with Gasteiger partial charge in [-0.05, 0) is 36.1 Å². The largest absolute Gasteiger partial charge is 0.367 e. The molecule has 1 aliphatic rings. The molecule has 0 saturated carbocycles. The Hall–Kier alpha value is -1.85. The van der Waals surface area contributed by atoms with Gasteiger partial charge in [-0.3, -0.25) is 9.69 Å². The van der Waals surface area contributed by atoms with Crippen LogP contribution in [-0.2, 0) is 16.1 Å². The van der Waals surface area contributed by atoms with E-state index in [1.807, 2.05) is 6.20 Å². The number of nitrogens with two attached hydrogens (primary N) is 1. The second-order valence-electron chi connectivity index (χ2n) is 5.55. The number of ether oxygens (including phenoxy) is 1. The summed E-state index contributed by atoms with van der Waals surface area (Å²) in [4.78, 5) is 16.9. The molecular weight excluding hydrogens is 254 g/mol. The first-order valence-electron chi connectivity index (χ1n) is 6.79. The number of fused-ring (bicyclic) bond motifs is 1. The van der Waals surface area contributed by atoms with Crippen molar-refractivity contribution in [3.05, 3.63) is 36.0 Å². The number of hydrogen-bond acceptors (Lipinski definition) is 3. The van der Waals surface area contributed by atoms with E-state index in [0.29, 0.717) is 13.2 Å². The zero-order chi connectivity index (χ0) is 14.2. The molecule has 1 aromatic carbocycles. The average Bonchev–Trinajstić information content (AvgIpc) is 2.86. The quantitative estimate of drug-likeness (QED) is 0.884. The Balaban J connectivity index is 1.75. The first kappa shape index (κ1) is 13.1. The molecule has 5 nitrogen and oxygen atoms in total. The summed E-state index contributed by atoms with van der Waals surface area (Å²) in [6.45, 7) is 4.44. The van der Waals surface area contributed by atoms with Crippen LogP contribution >= 0.6 is 0 Å². The van der Waals surface area contributed by atoms with Crippen LogP contribution in [0.15, 0.2) is 30.5 Å². The van der Waals surface area contributed by atoms with Gasteiger partial charge >= 0.3 is 0 Å². The van der Waals surface area contributed by atoms with Crippen LogP contribution in [0.4, 0.5) is 0 Å². The standard InChI is InChI=1S/C15H19N3O2/c1-15(14(16)19)10-18(6-7-20-15)9-11-2-3-13-12(8-11)4-5-17-13/h2-5,8,17H,6-7,9-10H2,1H3,(H2,16,19). The molecule has 0 spiro atoms. The van der Waals surface area contributed by atoms with Gasteiger partial charge in [0.1, 0.15) is 0 Å². The van der Waals surface area contributed by atoms with E-state index < -0.39 is 11.5 Å². The van der Waals surface area contributed by atoms with E-state index in [-0.39, 0.29) is 0 Å². The fraction of sp³-hybridized carbons (Fsp3) is 0.400. The predicted molar refractivity (Wildman–Crippen MR) is 77.1 cm³/mol. The van der Waals surface area contributed by atoms with E-state index in [1.54, 1.807) is 6.92 Å². The number of nitrogens with one attached hydrogen (secondary N) is 1. The minimum Gasteiger partial charge on any atom is -0.367 e. The summed E-state index contributed by atoms with van der Waals surface area (Å²) < 4.78 is 5.53. The van der Waals surface area contributed by atoms with E-state index in [9.17, 15) is 4.79 Å². The highest BCUT2D eigenvalue weighted by atomic mass is 16.5. The highest BCUT2D eigenvalue weighted by Crippen LogP contribution is 2.21. The summed E-state index contributed by atoms with van der Waals surface area (Å²) in [5, 5.41) is 1.20. The van der Waals surface area contributed by atoms with Gasteiger partial charge < -0.3 is 15.5 Å². The van der Waals surface area contributed by atoms with E-state index in [1.165, 1.54) is 10.9 Å². The van der Waals surface area contributed by atoms with Gasteiger partial charge in [0.15, 0.2) is 5.60 Å². The monoisotopic (exact) mass is 273 g/mol. The third-order valence-corrected chi connectivity index (χ3v) is 3.90. The lowest BCUT2D eigenvalue weighted by molar-refractivity contribution is -0.153. The number of carbonyl (C=O) groups excluding carboxylic acids is 1. The topological polar surface area (TPSA) is 71.4 Å². The van der Waals surface area contributed by atoms with Gasteiger partial charge in [-0.25, -0.2) is 0 Å². The predicted octanol–water partition coefficient (Wildman–Crippen LogP) is 1.24. The Morgan fingerprint density at radius 3 is 3.15 bits per heavy atom. The number of primary amides is 1. The third-order valence-electron chi connectivity index (χ3n) is 3.90. The van der Waals surface area contributed by atoms with Crippen LogP contribution in [0.3, 0.4) is 0 Å². The Labute approximate surface area is 117 Å². The van der Waals surface area contributed by atoms with Crippen molar-refractivity contribution < 1.29 is 9.53 Å². The maximum atomic E-state index is 11.5. The fourth-order valence-corrected chi connectivity index (χ4v) is 2.69. The molecule has 1 saturated heterocycles. The minimum atomic E-state index is -0.879. The van der Waals surface area contributed by atoms with Crippen molar-refractivity contribution in [1.29, 1.82) is 0 Å². The van der Waals surface area contributed by atoms with E-state index >= 15 is 0 Å². The zero-order valence-corrected chi connectivity index (χ0v) is 11.6. The molecule has 1 aliphatic heterocycles. The van der Waals surface area contributed by atoms with E-state index in [0.717, 1.165) is 18.6 Å². The number of hydrogen-bond donors (Lipinski definition) is 2. The third kappa shape index (κ3) is 2.42. The second-order valence-corrected chi connectivity index (χ2v) is 5.55. The SMILES string of the molecule is CC1(C(N)=O)CN(Cc2ccc3[nH]ccc3c2)CCO1. The summed E-state index contributed by atoms with van der Waals surface area (Å²) in [6.07, 6.45) is 1.94. The zero-order valence-electron chi connectivity index (χ0n) is 11.6. The number of aromatic amines is 1. The second kappa shape index (κ2) is 4.92. The molecule has 1 amide bonds. The number of amides is 1. The van der Waals surface area contributed by atoms with Crippen LogP contribution in [0.25, 0.3) is 10.9 Å². The van der Waals surface area contributed by atoms with Crippen molar-refractivity contribution >= 4 is 16.8 Å². The van der Waals surface area contributed by atoms with Crippen LogP contribution in [0, 0.1) is 0 Å². The van der Waals surface area contributed by atoms with Crippen molar-refractivity contribution in [2.75, 3.05) is 19.7 Å². The smallest absolute Gasteiger partial charge is 0.250 e. The molecule has 1 aromatic heterocycles. The summed E-state index contributed by atoms with van der Waals surface area (Å²) in [5.41, 5.74) is 6.91. The first-order valence-corrected chi connectivity index (χ1v) is 6.79. The molecule has 0 aliphatic carbocycles. The maximum absolute atomic E-state index is 11.5. The Morgan fingerprint density at radius 1 is 1.50 bits per heavy atom. The van der Waals surface area contributed by atoms with E-state index in [4.69, 9.17) is 10.5 Å². The number of H-pyrrole nitrogens is 1. The van der Waals surface area contributed by atoms with Crippen molar-refractivity contribution in [3.8, 4) is 0 Å². The lowest BCUT2D eigenvalue weighted by Gasteiger charge is -2.38. The Morgan fingerprint density at radius 2 is 2.35 bits per heavy atom. The molecule has 1 fully saturated rings. The molecule has 3 rings (SSSR count). The van der Waals surface area contributed by atoms with Gasteiger partial charge in [0.2, 0.25) is 0 Å². The molecule has 0 bridgehead atoms.